The number of nitrogens with zero attached hydrogens (tertiary/aromatic N) is 2. The Morgan fingerprint density at radius 1 is 1.15 bits per heavy atom. The average molecular weight is 275 g/mol. The number of rotatable bonds is 6. The molecule has 1 amide bonds. The zero-order valence-corrected chi connectivity index (χ0v) is 12.7. The third-order valence-electron chi connectivity index (χ3n) is 4.07. The average Bonchev–Trinajstić information content (AvgIpc) is 3.19. The van der Waals surface area contributed by atoms with Crippen LogP contribution in [0.3, 0.4) is 0 Å². The molecule has 0 unspecified atom stereocenters. The first-order valence-electron chi connectivity index (χ1n) is 7.22. The molecule has 0 saturated heterocycles. The quantitative estimate of drug-likeness (QED) is 0.804. The maximum absolute atomic E-state index is 12.7. The number of carbonyl (C=O) groups is 1. The Balaban J connectivity index is 1.99. The number of nitrogens with two attached hydrogens (primary N) is 1. The number of anilines is 1. The molecular weight excluding hydrogens is 250 g/mol. The maximum atomic E-state index is 12.7. The number of likely N-dealkylation sites (N-methyl/N-ethyl adjacent to an activating group) is 1. The molecule has 0 spiro atoms. The van der Waals surface area contributed by atoms with Gasteiger partial charge in [-0.15, -0.1) is 0 Å². The summed E-state index contributed by atoms with van der Waals surface area (Å²) >= 11 is 0. The standard InChI is InChI=1S/C16H25N3O/c1-18(2)11-4-12-19(3)15(20)16(9-10-16)13-5-7-14(17)8-6-13/h5-8H,4,9-12,17H2,1-3H3. The van der Waals surface area contributed by atoms with Gasteiger partial charge in [0.15, 0.2) is 0 Å². The molecular formula is C16H25N3O. The lowest BCUT2D eigenvalue weighted by Crippen LogP contribution is -2.37. The molecule has 0 heterocycles. The molecule has 1 aliphatic carbocycles. The van der Waals surface area contributed by atoms with E-state index in [9.17, 15) is 4.79 Å². The second-order valence-corrected chi connectivity index (χ2v) is 6.09. The molecule has 4 nitrogen and oxygen atoms in total. The molecule has 1 aliphatic rings. The Hall–Kier alpha value is -1.55. The summed E-state index contributed by atoms with van der Waals surface area (Å²) < 4.78 is 0. The molecule has 1 aromatic rings. The van der Waals surface area contributed by atoms with Gasteiger partial charge < -0.3 is 15.5 Å². The van der Waals surface area contributed by atoms with Gasteiger partial charge in [-0.3, -0.25) is 4.79 Å². The summed E-state index contributed by atoms with van der Waals surface area (Å²) in [6.45, 7) is 1.82. The first-order chi connectivity index (χ1) is 9.45. The molecule has 2 N–H and O–H groups in total. The number of hydrogen-bond acceptors (Lipinski definition) is 3. The Morgan fingerprint density at radius 3 is 2.25 bits per heavy atom. The first kappa shape index (κ1) is 14.9. The molecule has 110 valence electrons. The summed E-state index contributed by atoms with van der Waals surface area (Å²) in [4.78, 5) is 16.7. The van der Waals surface area contributed by atoms with Crippen LogP contribution in [0.15, 0.2) is 24.3 Å². The lowest BCUT2D eigenvalue weighted by atomic mass is 9.94. The van der Waals surface area contributed by atoms with E-state index in [0.717, 1.165) is 43.6 Å². The Bertz CT molecular complexity index is 463. The second-order valence-electron chi connectivity index (χ2n) is 6.09. The fourth-order valence-corrected chi connectivity index (χ4v) is 2.64. The van der Waals surface area contributed by atoms with Gasteiger partial charge in [0.05, 0.1) is 5.41 Å². The topological polar surface area (TPSA) is 49.6 Å². The van der Waals surface area contributed by atoms with Gasteiger partial charge >= 0.3 is 0 Å². The van der Waals surface area contributed by atoms with Crippen molar-refractivity contribution in [1.29, 1.82) is 0 Å². The van der Waals surface area contributed by atoms with Gasteiger partial charge in [0, 0.05) is 19.3 Å². The summed E-state index contributed by atoms with van der Waals surface area (Å²) in [5, 5.41) is 0. The highest BCUT2D eigenvalue weighted by Gasteiger charge is 2.52. The highest BCUT2D eigenvalue weighted by Crippen LogP contribution is 2.49. The van der Waals surface area contributed by atoms with Crippen molar-refractivity contribution in [2.75, 3.05) is 40.0 Å². The molecule has 0 aliphatic heterocycles. The highest BCUT2D eigenvalue weighted by molar-refractivity contribution is 5.91. The van der Waals surface area contributed by atoms with Crippen molar-refractivity contribution in [2.24, 2.45) is 0 Å². The molecule has 0 aromatic heterocycles. The number of nitrogen functional groups attached to an aromatic ring is 1. The van der Waals surface area contributed by atoms with Crippen LogP contribution in [-0.4, -0.2) is 49.9 Å². The molecule has 0 atom stereocenters. The van der Waals surface area contributed by atoms with Crippen LogP contribution in [0, 0.1) is 0 Å². The van der Waals surface area contributed by atoms with Gasteiger partial charge in [0.25, 0.3) is 0 Å². The minimum atomic E-state index is -0.277. The Labute approximate surface area is 121 Å². The smallest absolute Gasteiger partial charge is 0.232 e. The SMILES string of the molecule is CN(C)CCCN(C)C(=O)C1(c2ccc(N)cc2)CC1. The number of carbonyl (C=O) groups excluding carboxylic acids is 1. The van der Waals surface area contributed by atoms with Crippen molar-refractivity contribution in [1.82, 2.24) is 9.80 Å². The third-order valence-corrected chi connectivity index (χ3v) is 4.07. The Morgan fingerprint density at radius 2 is 1.75 bits per heavy atom. The van der Waals surface area contributed by atoms with Crippen LogP contribution in [0.2, 0.25) is 0 Å². The number of hydrogen-bond donors (Lipinski definition) is 1. The summed E-state index contributed by atoms with van der Waals surface area (Å²) in [7, 11) is 6.02. The van der Waals surface area contributed by atoms with Crippen molar-refractivity contribution in [3.05, 3.63) is 29.8 Å². The van der Waals surface area contributed by atoms with Crippen molar-refractivity contribution < 1.29 is 4.79 Å². The van der Waals surface area contributed by atoms with Crippen LogP contribution >= 0.6 is 0 Å². The lowest BCUT2D eigenvalue weighted by molar-refractivity contribution is -0.132. The summed E-state index contributed by atoms with van der Waals surface area (Å²) in [5.41, 5.74) is 7.30. The first-order valence-corrected chi connectivity index (χ1v) is 7.22. The second kappa shape index (κ2) is 5.83. The van der Waals surface area contributed by atoms with Gasteiger partial charge in [-0.1, -0.05) is 12.1 Å². The minimum Gasteiger partial charge on any atom is -0.399 e. The van der Waals surface area contributed by atoms with E-state index in [4.69, 9.17) is 5.73 Å². The summed E-state index contributed by atoms with van der Waals surface area (Å²) in [5.74, 6) is 0.251. The molecule has 0 radical (unpaired) electrons. The normalized spacial score (nSPS) is 16.2. The third kappa shape index (κ3) is 3.12. The predicted octanol–water partition coefficient (Wildman–Crippen LogP) is 1.71. The van der Waals surface area contributed by atoms with E-state index in [1.54, 1.807) is 0 Å². The van der Waals surface area contributed by atoms with Crippen molar-refractivity contribution in [3.8, 4) is 0 Å². The van der Waals surface area contributed by atoms with Crippen molar-refractivity contribution in [3.63, 3.8) is 0 Å². The Kier molecular flexibility index (Phi) is 4.33. The van der Waals surface area contributed by atoms with Crippen LogP contribution in [0.1, 0.15) is 24.8 Å². The van der Waals surface area contributed by atoms with E-state index in [1.807, 2.05) is 36.2 Å². The monoisotopic (exact) mass is 275 g/mol. The van der Waals surface area contributed by atoms with Gasteiger partial charge in [-0.05, 0) is 57.6 Å². The molecule has 1 aromatic carbocycles. The highest BCUT2D eigenvalue weighted by atomic mass is 16.2. The van der Waals surface area contributed by atoms with Gasteiger partial charge in [-0.25, -0.2) is 0 Å². The van der Waals surface area contributed by atoms with E-state index < -0.39 is 0 Å². The van der Waals surface area contributed by atoms with Crippen LogP contribution in [0.25, 0.3) is 0 Å². The molecule has 20 heavy (non-hydrogen) atoms. The minimum absolute atomic E-state index is 0.251. The van der Waals surface area contributed by atoms with Crippen LogP contribution in [0.4, 0.5) is 5.69 Å². The van der Waals surface area contributed by atoms with E-state index >= 15 is 0 Å². The van der Waals surface area contributed by atoms with Gasteiger partial charge in [0.1, 0.15) is 0 Å². The van der Waals surface area contributed by atoms with Crippen LogP contribution < -0.4 is 5.73 Å². The van der Waals surface area contributed by atoms with Gasteiger partial charge in [-0.2, -0.15) is 0 Å². The molecule has 4 heteroatoms. The van der Waals surface area contributed by atoms with Crippen LogP contribution in [0.5, 0.6) is 0 Å². The summed E-state index contributed by atoms with van der Waals surface area (Å²) in [6, 6.07) is 7.76. The zero-order valence-electron chi connectivity index (χ0n) is 12.7. The van der Waals surface area contributed by atoms with Crippen LogP contribution in [-0.2, 0) is 10.2 Å². The fourth-order valence-electron chi connectivity index (χ4n) is 2.64. The maximum Gasteiger partial charge on any atom is 0.232 e. The lowest BCUT2D eigenvalue weighted by Gasteiger charge is -2.24. The molecule has 1 fully saturated rings. The van der Waals surface area contributed by atoms with E-state index in [-0.39, 0.29) is 11.3 Å². The molecule has 1 saturated carbocycles. The van der Waals surface area contributed by atoms with E-state index in [2.05, 4.69) is 19.0 Å². The largest absolute Gasteiger partial charge is 0.399 e. The summed E-state index contributed by atoms with van der Waals surface area (Å²) in [6.07, 6.45) is 2.91. The molecule has 0 bridgehead atoms. The molecule has 2 rings (SSSR count). The van der Waals surface area contributed by atoms with Crippen molar-refractivity contribution >= 4 is 11.6 Å². The number of amides is 1. The zero-order chi connectivity index (χ0) is 14.8. The van der Waals surface area contributed by atoms with E-state index in [0.29, 0.717) is 0 Å². The number of benzene rings is 1. The van der Waals surface area contributed by atoms with E-state index in [1.165, 1.54) is 0 Å². The van der Waals surface area contributed by atoms with Gasteiger partial charge in [0.2, 0.25) is 5.91 Å². The predicted molar refractivity (Wildman–Crippen MR) is 82.6 cm³/mol. The fraction of sp³-hybridized carbons (Fsp3) is 0.562. The van der Waals surface area contributed by atoms with Crippen molar-refractivity contribution in [2.45, 2.75) is 24.7 Å².